The number of methoxy groups -OCH3 is 2. The van der Waals surface area contributed by atoms with Crippen molar-refractivity contribution >= 4 is 44.9 Å². The Morgan fingerprint density at radius 2 is 1.92 bits per heavy atom. The highest BCUT2D eigenvalue weighted by molar-refractivity contribution is 7.99. The second-order valence-corrected chi connectivity index (χ2v) is 11.1. The maximum absolute atomic E-state index is 14.0. The number of thiophene rings is 1. The van der Waals surface area contributed by atoms with Gasteiger partial charge in [-0.1, -0.05) is 29.5 Å². The lowest BCUT2D eigenvalue weighted by Gasteiger charge is -2.16. The van der Waals surface area contributed by atoms with Gasteiger partial charge in [0.2, 0.25) is 5.91 Å². The van der Waals surface area contributed by atoms with Gasteiger partial charge in [0.25, 0.3) is 5.56 Å². The van der Waals surface area contributed by atoms with E-state index in [0.717, 1.165) is 58.3 Å². The lowest BCUT2D eigenvalue weighted by atomic mass is 9.97. The molecule has 9 heteroatoms. The number of aryl methyl sites for hydroxylation is 4. The Morgan fingerprint density at radius 3 is 2.68 bits per heavy atom. The molecule has 1 aliphatic rings. The van der Waals surface area contributed by atoms with E-state index in [1.807, 2.05) is 26.0 Å². The number of fused-ring (bicyclic) bond motifs is 3. The Labute approximate surface area is 223 Å². The molecule has 2 aromatic carbocycles. The lowest BCUT2D eigenvalue weighted by molar-refractivity contribution is -0.113. The van der Waals surface area contributed by atoms with Gasteiger partial charge >= 0.3 is 0 Å². The minimum Gasteiger partial charge on any atom is -0.497 e. The van der Waals surface area contributed by atoms with E-state index in [9.17, 15) is 9.59 Å². The molecule has 0 saturated heterocycles. The number of hydrogen-bond acceptors (Lipinski definition) is 7. The first-order valence-corrected chi connectivity index (χ1v) is 14.0. The molecule has 192 valence electrons. The Bertz CT molecular complexity index is 1560. The zero-order valence-corrected chi connectivity index (χ0v) is 23.0. The van der Waals surface area contributed by atoms with Gasteiger partial charge in [0.1, 0.15) is 16.3 Å². The minimum atomic E-state index is -0.222. The number of carbonyl (C=O) groups is 1. The predicted molar refractivity (Wildman–Crippen MR) is 150 cm³/mol. The zero-order valence-electron chi connectivity index (χ0n) is 21.3. The Kier molecular flexibility index (Phi) is 7.26. The summed E-state index contributed by atoms with van der Waals surface area (Å²) in [5.41, 5.74) is 4.55. The van der Waals surface area contributed by atoms with Gasteiger partial charge in [-0.3, -0.25) is 14.2 Å². The Morgan fingerprint density at radius 1 is 1.11 bits per heavy atom. The molecule has 37 heavy (non-hydrogen) atoms. The van der Waals surface area contributed by atoms with Crippen LogP contribution in [0.4, 0.5) is 5.69 Å². The number of nitrogens with zero attached hydrogens (tertiary/aromatic N) is 2. The van der Waals surface area contributed by atoms with Crippen molar-refractivity contribution in [2.75, 3.05) is 25.3 Å². The summed E-state index contributed by atoms with van der Waals surface area (Å²) in [6, 6.07) is 11.2. The molecule has 0 aliphatic heterocycles. The average Bonchev–Trinajstić information content (AvgIpc) is 3.27. The first kappa shape index (κ1) is 25.4. The van der Waals surface area contributed by atoms with Crippen molar-refractivity contribution in [1.29, 1.82) is 0 Å². The Hall–Kier alpha value is -3.30. The van der Waals surface area contributed by atoms with Crippen LogP contribution >= 0.6 is 23.1 Å². The highest BCUT2D eigenvalue weighted by Crippen LogP contribution is 2.36. The highest BCUT2D eigenvalue weighted by Gasteiger charge is 2.24. The maximum atomic E-state index is 14.0. The summed E-state index contributed by atoms with van der Waals surface area (Å²) in [5.74, 6) is 1.01. The summed E-state index contributed by atoms with van der Waals surface area (Å²) in [6.45, 7) is 4.03. The first-order valence-electron chi connectivity index (χ1n) is 12.2. The fourth-order valence-corrected chi connectivity index (χ4v) is 6.88. The van der Waals surface area contributed by atoms with E-state index >= 15 is 0 Å². The van der Waals surface area contributed by atoms with E-state index in [1.54, 1.807) is 48.3 Å². The van der Waals surface area contributed by atoms with E-state index in [4.69, 9.17) is 14.5 Å². The number of amides is 1. The summed E-state index contributed by atoms with van der Waals surface area (Å²) in [6.07, 6.45) is 4.14. The molecular formula is C28H29N3O4S2. The van der Waals surface area contributed by atoms with Crippen molar-refractivity contribution in [2.45, 2.75) is 44.7 Å². The quantitative estimate of drug-likeness (QED) is 0.242. The van der Waals surface area contributed by atoms with Gasteiger partial charge < -0.3 is 14.8 Å². The number of anilines is 1. The standard InChI is InChI=1S/C28H29N3O4S2/c1-16-9-12-21(17(2)13-16)31-27(33)25-19-7-5-6-8-23(19)37-26(25)30-28(31)36-15-24(32)29-20-11-10-18(34-3)14-22(20)35-4/h9-14H,5-8,15H2,1-4H3,(H,29,32). The van der Waals surface area contributed by atoms with E-state index in [2.05, 4.69) is 11.4 Å². The van der Waals surface area contributed by atoms with Gasteiger partial charge in [0.15, 0.2) is 5.16 Å². The molecule has 1 N–H and O–H groups in total. The molecule has 7 nitrogen and oxygen atoms in total. The predicted octanol–water partition coefficient (Wildman–Crippen LogP) is 5.69. The van der Waals surface area contributed by atoms with Crippen molar-refractivity contribution in [1.82, 2.24) is 9.55 Å². The lowest BCUT2D eigenvalue weighted by Crippen LogP contribution is -2.24. The van der Waals surface area contributed by atoms with Crippen LogP contribution in [0.5, 0.6) is 11.5 Å². The molecule has 1 amide bonds. The summed E-state index contributed by atoms with van der Waals surface area (Å²) in [5, 5.41) is 4.15. The fourth-order valence-electron chi connectivity index (χ4n) is 4.77. The molecular weight excluding hydrogens is 506 g/mol. The van der Waals surface area contributed by atoms with E-state index < -0.39 is 0 Å². The third kappa shape index (κ3) is 4.98. The number of thioether (sulfide) groups is 1. The number of hydrogen-bond donors (Lipinski definition) is 1. The monoisotopic (exact) mass is 535 g/mol. The van der Waals surface area contributed by atoms with Gasteiger partial charge in [-0.05, 0) is 68.9 Å². The molecule has 2 aromatic heterocycles. The fraction of sp³-hybridized carbons (Fsp3) is 0.321. The van der Waals surface area contributed by atoms with Crippen molar-refractivity contribution in [3.8, 4) is 17.2 Å². The summed E-state index contributed by atoms with van der Waals surface area (Å²) >= 11 is 2.88. The minimum absolute atomic E-state index is 0.0592. The molecule has 0 unspecified atom stereocenters. The zero-order chi connectivity index (χ0) is 26.1. The summed E-state index contributed by atoms with van der Waals surface area (Å²) in [4.78, 5) is 33.9. The molecule has 0 bridgehead atoms. The van der Waals surface area contributed by atoms with Crippen molar-refractivity contribution in [3.63, 3.8) is 0 Å². The third-order valence-electron chi connectivity index (χ3n) is 6.57. The van der Waals surface area contributed by atoms with Crippen LogP contribution in [0.15, 0.2) is 46.3 Å². The third-order valence-corrected chi connectivity index (χ3v) is 8.69. The molecule has 5 rings (SSSR count). The Balaban J connectivity index is 1.51. The van der Waals surface area contributed by atoms with E-state index in [-0.39, 0.29) is 17.2 Å². The second-order valence-electron chi connectivity index (χ2n) is 9.12. The van der Waals surface area contributed by atoms with E-state index in [0.29, 0.717) is 22.3 Å². The highest BCUT2D eigenvalue weighted by atomic mass is 32.2. The summed E-state index contributed by atoms with van der Waals surface area (Å²) < 4.78 is 12.3. The normalized spacial score (nSPS) is 12.9. The van der Waals surface area contributed by atoms with Gasteiger partial charge in [0, 0.05) is 10.9 Å². The summed E-state index contributed by atoms with van der Waals surface area (Å²) in [7, 11) is 3.12. The molecule has 1 aliphatic carbocycles. The number of rotatable bonds is 7. The number of carbonyl (C=O) groups excluding carboxylic acids is 1. The van der Waals surface area contributed by atoms with Crippen LogP contribution in [0.2, 0.25) is 0 Å². The SMILES string of the molecule is COc1ccc(NC(=O)CSc2nc3sc4c(c3c(=O)n2-c2ccc(C)cc2C)CCCC4)c(OC)c1. The van der Waals surface area contributed by atoms with Crippen LogP contribution in [0.1, 0.15) is 34.4 Å². The van der Waals surface area contributed by atoms with E-state index in [1.165, 1.54) is 16.6 Å². The van der Waals surface area contributed by atoms with Crippen LogP contribution in [0.25, 0.3) is 15.9 Å². The molecule has 0 radical (unpaired) electrons. The molecule has 4 aromatic rings. The van der Waals surface area contributed by atoms with Gasteiger partial charge in [0.05, 0.1) is 36.7 Å². The van der Waals surface area contributed by atoms with Crippen LogP contribution in [-0.2, 0) is 17.6 Å². The smallest absolute Gasteiger partial charge is 0.267 e. The van der Waals surface area contributed by atoms with Gasteiger partial charge in [-0.15, -0.1) is 11.3 Å². The van der Waals surface area contributed by atoms with Gasteiger partial charge in [-0.25, -0.2) is 4.98 Å². The van der Waals surface area contributed by atoms with Crippen LogP contribution in [-0.4, -0.2) is 35.4 Å². The number of aromatic nitrogens is 2. The van der Waals surface area contributed by atoms with Crippen LogP contribution in [0.3, 0.4) is 0 Å². The van der Waals surface area contributed by atoms with Crippen molar-refractivity contribution < 1.29 is 14.3 Å². The van der Waals surface area contributed by atoms with Crippen molar-refractivity contribution in [3.05, 3.63) is 68.3 Å². The number of nitrogens with one attached hydrogen (secondary N) is 1. The second kappa shape index (κ2) is 10.6. The van der Waals surface area contributed by atoms with Crippen LogP contribution < -0.4 is 20.3 Å². The number of ether oxygens (including phenoxy) is 2. The van der Waals surface area contributed by atoms with Gasteiger partial charge in [-0.2, -0.15) is 0 Å². The molecule has 0 spiro atoms. The number of benzene rings is 2. The molecule has 0 atom stereocenters. The average molecular weight is 536 g/mol. The largest absolute Gasteiger partial charge is 0.497 e. The molecule has 2 heterocycles. The van der Waals surface area contributed by atoms with Crippen molar-refractivity contribution in [2.24, 2.45) is 0 Å². The topological polar surface area (TPSA) is 82.5 Å². The first-order chi connectivity index (χ1) is 17.9. The molecule has 0 saturated carbocycles. The maximum Gasteiger partial charge on any atom is 0.267 e. The van der Waals surface area contributed by atoms with Crippen LogP contribution in [0, 0.1) is 13.8 Å². The molecule has 0 fully saturated rings.